The summed E-state index contributed by atoms with van der Waals surface area (Å²) >= 11 is 0. The van der Waals surface area contributed by atoms with Crippen LogP contribution in [-0.2, 0) is 10.0 Å². The minimum absolute atomic E-state index is 0.0367. The van der Waals surface area contributed by atoms with E-state index in [1.807, 2.05) is 26.0 Å². The maximum Gasteiger partial charge on any atom is 0.261 e. The first-order chi connectivity index (χ1) is 11.3. The Labute approximate surface area is 142 Å². The molecule has 0 unspecified atom stereocenters. The summed E-state index contributed by atoms with van der Waals surface area (Å²) in [7, 11) is -3.78. The molecule has 0 saturated heterocycles. The molecular formula is C18H20N2O3S. The van der Waals surface area contributed by atoms with Gasteiger partial charge in [0.25, 0.3) is 15.9 Å². The van der Waals surface area contributed by atoms with E-state index in [1.54, 1.807) is 24.3 Å². The lowest BCUT2D eigenvalue weighted by Crippen LogP contribution is -2.23. The third-order valence-electron chi connectivity index (χ3n) is 3.45. The number of benzene rings is 2. The van der Waals surface area contributed by atoms with E-state index >= 15 is 0 Å². The molecule has 0 aliphatic carbocycles. The standard InChI is InChI=1S/C18H20N2O3S/c1-4-10-19-18(21)15-6-5-7-16(12-15)24(22,23)20-17-11-13(2)8-9-14(17)3/h4-9,11-12,20H,1,10H2,2-3H3,(H,19,21). The van der Waals surface area contributed by atoms with E-state index in [2.05, 4.69) is 16.6 Å². The van der Waals surface area contributed by atoms with E-state index in [1.165, 1.54) is 12.1 Å². The van der Waals surface area contributed by atoms with Gasteiger partial charge in [0.15, 0.2) is 0 Å². The molecule has 2 aromatic rings. The van der Waals surface area contributed by atoms with Gasteiger partial charge in [-0.25, -0.2) is 8.42 Å². The van der Waals surface area contributed by atoms with Crippen LogP contribution in [0.5, 0.6) is 0 Å². The fourth-order valence-electron chi connectivity index (χ4n) is 2.12. The number of hydrogen-bond donors (Lipinski definition) is 2. The molecule has 5 nitrogen and oxygen atoms in total. The van der Waals surface area contributed by atoms with E-state index in [0.717, 1.165) is 11.1 Å². The van der Waals surface area contributed by atoms with E-state index in [-0.39, 0.29) is 16.4 Å². The average molecular weight is 344 g/mol. The molecule has 0 atom stereocenters. The third kappa shape index (κ3) is 4.23. The molecule has 126 valence electrons. The fourth-order valence-corrected chi connectivity index (χ4v) is 3.29. The van der Waals surface area contributed by atoms with Crippen molar-refractivity contribution in [2.45, 2.75) is 18.7 Å². The SMILES string of the molecule is C=CCNC(=O)c1cccc(S(=O)(=O)Nc2cc(C)ccc2C)c1. The number of nitrogens with one attached hydrogen (secondary N) is 2. The first kappa shape index (κ1) is 17.7. The van der Waals surface area contributed by atoms with Crippen molar-refractivity contribution in [1.29, 1.82) is 0 Å². The van der Waals surface area contributed by atoms with Crippen LogP contribution in [0, 0.1) is 13.8 Å². The van der Waals surface area contributed by atoms with Gasteiger partial charge in [-0.1, -0.05) is 24.3 Å². The van der Waals surface area contributed by atoms with Gasteiger partial charge in [-0.05, 0) is 49.2 Å². The highest BCUT2D eigenvalue weighted by Gasteiger charge is 2.17. The van der Waals surface area contributed by atoms with Crippen LogP contribution in [-0.4, -0.2) is 20.9 Å². The Morgan fingerprint density at radius 3 is 2.62 bits per heavy atom. The minimum Gasteiger partial charge on any atom is -0.349 e. The molecule has 0 aromatic heterocycles. The summed E-state index contributed by atoms with van der Waals surface area (Å²) in [5.41, 5.74) is 2.58. The van der Waals surface area contributed by atoms with Crippen molar-refractivity contribution in [3.05, 3.63) is 71.8 Å². The molecule has 0 aliphatic heterocycles. The number of amides is 1. The molecule has 6 heteroatoms. The van der Waals surface area contributed by atoms with Gasteiger partial charge < -0.3 is 5.32 Å². The van der Waals surface area contributed by atoms with Crippen molar-refractivity contribution >= 4 is 21.6 Å². The zero-order chi connectivity index (χ0) is 17.7. The maximum atomic E-state index is 12.6. The quantitative estimate of drug-likeness (QED) is 0.791. The monoisotopic (exact) mass is 344 g/mol. The summed E-state index contributed by atoms with van der Waals surface area (Å²) < 4.78 is 27.8. The molecular weight excluding hydrogens is 324 g/mol. The molecule has 2 N–H and O–H groups in total. The first-order valence-corrected chi connectivity index (χ1v) is 8.91. The van der Waals surface area contributed by atoms with Gasteiger partial charge in [0.1, 0.15) is 0 Å². The Kier molecular flexibility index (Phi) is 5.41. The lowest BCUT2D eigenvalue weighted by molar-refractivity contribution is 0.0958. The maximum absolute atomic E-state index is 12.6. The number of anilines is 1. The second kappa shape index (κ2) is 7.31. The molecule has 0 fully saturated rings. The van der Waals surface area contributed by atoms with Crippen molar-refractivity contribution < 1.29 is 13.2 Å². The van der Waals surface area contributed by atoms with Crippen LogP contribution in [0.3, 0.4) is 0 Å². The van der Waals surface area contributed by atoms with Crippen LogP contribution in [0.2, 0.25) is 0 Å². The molecule has 2 aromatic carbocycles. The molecule has 0 spiro atoms. The zero-order valence-electron chi connectivity index (χ0n) is 13.7. The Morgan fingerprint density at radius 1 is 1.17 bits per heavy atom. The topological polar surface area (TPSA) is 75.3 Å². The van der Waals surface area contributed by atoms with Gasteiger partial charge in [-0.2, -0.15) is 0 Å². The normalized spacial score (nSPS) is 10.9. The largest absolute Gasteiger partial charge is 0.349 e. The fraction of sp³-hybridized carbons (Fsp3) is 0.167. The highest BCUT2D eigenvalue weighted by Crippen LogP contribution is 2.21. The molecule has 0 aliphatic rings. The molecule has 24 heavy (non-hydrogen) atoms. The summed E-state index contributed by atoms with van der Waals surface area (Å²) in [6.45, 7) is 7.56. The second-order valence-electron chi connectivity index (χ2n) is 5.45. The molecule has 2 rings (SSSR count). The number of rotatable bonds is 6. The number of aryl methyl sites for hydroxylation is 2. The Hall–Kier alpha value is -2.60. The summed E-state index contributed by atoms with van der Waals surface area (Å²) in [6, 6.07) is 11.5. The van der Waals surface area contributed by atoms with Crippen LogP contribution in [0.15, 0.2) is 60.0 Å². The lowest BCUT2D eigenvalue weighted by atomic mass is 10.1. The van der Waals surface area contributed by atoms with Crippen molar-refractivity contribution in [1.82, 2.24) is 5.32 Å². The number of carbonyl (C=O) groups is 1. The highest BCUT2D eigenvalue weighted by molar-refractivity contribution is 7.92. The highest BCUT2D eigenvalue weighted by atomic mass is 32.2. The van der Waals surface area contributed by atoms with Crippen LogP contribution < -0.4 is 10.0 Å². The van der Waals surface area contributed by atoms with Crippen LogP contribution >= 0.6 is 0 Å². The molecule has 1 amide bonds. The lowest BCUT2D eigenvalue weighted by Gasteiger charge is -2.12. The van der Waals surface area contributed by atoms with E-state index in [4.69, 9.17) is 0 Å². The summed E-state index contributed by atoms with van der Waals surface area (Å²) in [4.78, 5) is 12.0. The third-order valence-corrected chi connectivity index (χ3v) is 4.81. The van der Waals surface area contributed by atoms with E-state index in [9.17, 15) is 13.2 Å². The van der Waals surface area contributed by atoms with Gasteiger partial charge >= 0.3 is 0 Å². The second-order valence-corrected chi connectivity index (χ2v) is 7.13. The number of sulfonamides is 1. The van der Waals surface area contributed by atoms with Gasteiger partial charge in [0, 0.05) is 12.1 Å². The summed E-state index contributed by atoms with van der Waals surface area (Å²) in [6.07, 6.45) is 1.56. The van der Waals surface area contributed by atoms with Gasteiger partial charge in [-0.15, -0.1) is 6.58 Å². The van der Waals surface area contributed by atoms with Crippen molar-refractivity contribution in [2.24, 2.45) is 0 Å². The van der Waals surface area contributed by atoms with Crippen LogP contribution in [0.25, 0.3) is 0 Å². The summed E-state index contributed by atoms with van der Waals surface area (Å²) in [5.74, 6) is -0.348. The summed E-state index contributed by atoms with van der Waals surface area (Å²) in [5, 5.41) is 2.62. The molecule has 0 saturated carbocycles. The molecule has 0 heterocycles. The van der Waals surface area contributed by atoms with Crippen LogP contribution in [0.4, 0.5) is 5.69 Å². The predicted octanol–water partition coefficient (Wildman–Crippen LogP) is 3.02. The van der Waals surface area contributed by atoms with Gasteiger partial charge in [-0.3, -0.25) is 9.52 Å². The van der Waals surface area contributed by atoms with Gasteiger partial charge in [0.2, 0.25) is 0 Å². The average Bonchev–Trinajstić information content (AvgIpc) is 2.56. The Balaban J connectivity index is 2.31. The smallest absolute Gasteiger partial charge is 0.261 e. The van der Waals surface area contributed by atoms with E-state index < -0.39 is 10.0 Å². The van der Waals surface area contributed by atoms with E-state index in [0.29, 0.717) is 12.2 Å². The van der Waals surface area contributed by atoms with Crippen molar-refractivity contribution in [3.63, 3.8) is 0 Å². The Bertz CT molecular complexity index is 874. The van der Waals surface area contributed by atoms with Crippen molar-refractivity contribution in [3.8, 4) is 0 Å². The van der Waals surface area contributed by atoms with Gasteiger partial charge in [0.05, 0.1) is 10.6 Å². The molecule has 0 bridgehead atoms. The minimum atomic E-state index is -3.78. The zero-order valence-corrected chi connectivity index (χ0v) is 14.5. The molecule has 0 radical (unpaired) electrons. The Morgan fingerprint density at radius 2 is 1.92 bits per heavy atom. The number of hydrogen-bond acceptors (Lipinski definition) is 3. The van der Waals surface area contributed by atoms with Crippen LogP contribution in [0.1, 0.15) is 21.5 Å². The van der Waals surface area contributed by atoms with Crippen molar-refractivity contribution in [2.75, 3.05) is 11.3 Å². The number of carbonyl (C=O) groups excluding carboxylic acids is 1. The first-order valence-electron chi connectivity index (χ1n) is 7.43. The predicted molar refractivity (Wildman–Crippen MR) is 95.7 cm³/mol.